The van der Waals surface area contributed by atoms with Crippen molar-refractivity contribution in [3.05, 3.63) is 35.1 Å². The van der Waals surface area contributed by atoms with Crippen LogP contribution in [0.4, 0.5) is 0 Å². The summed E-state index contributed by atoms with van der Waals surface area (Å²) in [5, 5.41) is 20.5. The minimum Gasteiger partial charge on any atom is -0.481 e. The summed E-state index contributed by atoms with van der Waals surface area (Å²) in [4.78, 5) is 25.8. The number of halogens is 1. The Bertz CT molecular complexity index is 782. The van der Waals surface area contributed by atoms with E-state index in [1.54, 1.807) is 19.2 Å². The fourth-order valence-corrected chi connectivity index (χ4v) is 3.17. The van der Waals surface area contributed by atoms with Crippen LogP contribution in [0.5, 0.6) is 0 Å². The SMILES string of the molecule is COC1CC(CC(=O)O)N(C(=O)c2cc(Cl)ccc2-n2cnnn2)C1. The van der Waals surface area contributed by atoms with Crippen LogP contribution in [0, 0.1) is 0 Å². The second kappa shape index (κ2) is 7.16. The van der Waals surface area contributed by atoms with E-state index in [0.717, 1.165) is 0 Å². The molecule has 1 amide bonds. The Morgan fingerprint density at radius 1 is 1.44 bits per heavy atom. The Labute approximate surface area is 148 Å². The average molecular weight is 366 g/mol. The normalized spacial score (nSPS) is 20.0. The van der Waals surface area contributed by atoms with E-state index in [2.05, 4.69) is 15.5 Å². The fourth-order valence-electron chi connectivity index (χ4n) is 2.99. The molecule has 1 aliphatic heterocycles. The van der Waals surface area contributed by atoms with Crippen LogP contribution in [0.15, 0.2) is 24.5 Å². The molecular weight excluding hydrogens is 350 g/mol. The van der Waals surface area contributed by atoms with Crippen molar-refractivity contribution in [1.82, 2.24) is 25.1 Å². The maximum absolute atomic E-state index is 13.1. The summed E-state index contributed by atoms with van der Waals surface area (Å²) >= 11 is 6.06. The third-order valence-corrected chi connectivity index (χ3v) is 4.40. The lowest BCUT2D eigenvalue weighted by Crippen LogP contribution is -2.37. The highest BCUT2D eigenvalue weighted by Gasteiger charge is 2.37. The van der Waals surface area contributed by atoms with Crippen LogP contribution in [-0.2, 0) is 9.53 Å². The fraction of sp³-hybridized carbons (Fsp3) is 0.400. The second-order valence-electron chi connectivity index (χ2n) is 5.72. The first-order chi connectivity index (χ1) is 12.0. The first kappa shape index (κ1) is 17.3. The van der Waals surface area contributed by atoms with Crippen LogP contribution >= 0.6 is 11.6 Å². The number of nitrogens with zero attached hydrogens (tertiary/aromatic N) is 5. The van der Waals surface area contributed by atoms with Crippen molar-refractivity contribution < 1.29 is 19.4 Å². The highest BCUT2D eigenvalue weighted by Crippen LogP contribution is 2.28. The summed E-state index contributed by atoms with van der Waals surface area (Å²) in [6, 6.07) is 4.35. The summed E-state index contributed by atoms with van der Waals surface area (Å²) in [7, 11) is 1.54. The van der Waals surface area contributed by atoms with Crippen molar-refractivity contribution in [2.45, 2.75) is 25.0 Å². The van der Waals surface area contributed by atoms with Crippen LogP contribution < -0.4 is 0 Å². The van der Waals surface area contributed by atoms with Crippen molar-refractivity contribution in [2.24, 2.45) is 0 Å². The smallest absolute Gasteiger partial charge is 0.305 e. The zero-order valence-corrected chi connectivity index (χ0v) is 14.1. The van der Waals surface area contributed by atoms with Gasteiger partial charge in [-0.1, -0.05) is 11.6 Å². The molecule has 1 fully saturated rings. The van der Waals surface area contributed by atoms with Crippen LogP contribution in [0.3, 0.4) is 0 Å². The lowest BCUT2D eigenvalue weighted by Gasteiger charge is -2.24. The number of ether oxygens (including phenoxy) is 1. The Balaban J connectivity index is 1.96. The number of benzene rings is 1. The minimum atomic E-state index is -0.966. The molecule has 0 bridgehead atoms. The number of hydrogen-bond acceptors (Lipinski definition) is 6. The van der Waals surface area contributed by atoms with Crippen LogP contribution in [0.25, 0.3) is 5.69 Å². The standard InChI is InChI=1S/C15H16ClN5O4/c1-25-11-5-10(6-14(22)23)20(7-11)15(24)12-4-9(16)2-3-13(12)21-8-17-18-19-21/h2-4,8,10-11H,5-7H2,1H3,(H,22,23). The van der Waals surface area contributed by atoms with E-state index in [0.29, 0.717) is 29.2 Å². The van der Waals surface area contributed by atoms with E-state index in [-0.39, 0.29) is 18.4 Å². The maximum Gasteiger partial charge on any atom is 0.305 e. The molecule has 1 aromatic carbocycles. The molecule has 0 aliphatic carbocycles. The van der Waals surface area contributed by atoms with Gasteiger partial charge >= 0.3 is 5.97 Å². The number of aromatic nitrogens is 4. The predicted molar refractivity (Wildman–Crippen MR) is 86.7 cm³/mol. The first-order valence-corrected chi connectivity index (χ1v) is 7.96. The molecule has 1 aromatic heterocycles. The first-order valence-electron chi connectivity index (χ1n) is 7.58. The van der Waals surface area contributed by atoms with Crippen LogP contribution in [0.1, 0.15) is 23.2 Å². The van der Waals surface area contributed by atoms with Crippen molar-refractivity contribution in [3.8, 4) is 5.69 Å². The Morgan fingerprint density at radius 2 is 2.24 bits per heavy atom. The van der Waals surface area contributed by atoms with Gasteiger partial charge in [0.25, 0.3) is 5.91 Å². The molecule has 0 radical (unpaired) electrons. The number of amides is 1. The number of carbonyl (C=O) groups excluding carboxylic acids is 1. The van der Waals surface area contributed by atoms with Crippen molar-refractivity contribution in [2.75, 3.05) is 13.7 Å². The number of aliphatic carboxylic acids is 1. The zero-order chi connectivity index (χ0) is 18.0. The molecule has 0 saturated carbocycles. The lowest BCUT2D eigenvalue weighted by atomic mass is 10.1. The van der Waals surface area contributed by atoms with Gasteiger partial charge in [0.05, 0.1) is 23.8 Å². The maximum atomic E-state index is 13.1. The van der Waals surface area contributed by atoms with Gasteiger partial charge in [0.1, 0.15) is 6.33 Å². The van der Waals surface area contributed by atoms with E-state index in [4.69, 9.17) is 21.4 Å². The Morgan fingerprint density at radius 3 is 2.88 bits per heavy atom. The van der Waals surface area contributed by atoms with Crippen molar-refractivity contribution in [3.63, 3.8) is 0 Å². The molecule has 2 unspecified atom stereocenters. The van der Waals surface area contributed by atoms with Gasteiger partial charge in [-0.3, -0.25) is 9.59 Å². The molecule has 2 aromatic rings. The zero-order valence-electron chi connectivity index (χ0n) is 13.4. The highest BCUT2D eigenvalue weighted by molar-refractivity contribution is 6.31. The second-order valence-corrected chi connectivity index (χ2v) is 6.15. The average Bonchev–Trinajstić information content (AvgIpc) is 3.23. The molecule has 3 rings (SSSR count). The molecule has 2 atom stereocenters. The van der Waals surface area contributed by atoms with E-state index in [1.807, 2.05) is 0 Å². The number of hydrogen-bond donors (Lipinski definition) is 1. The van der Waals surface area contributed by atoms with Crippen LogP contribution in [-0.4, -0.2) is 67.9 Å². The molecule has 2 heterocycles. The van der Waals surface area contributed by atoms with E-state index >= 15 is 0 Å². The third kappa shape index (κ3) is 3.62. The number of methoxy groups -OCH3 is 1. The largest absolute Gasteiger partial charge is 0.481 e. The number of carboxylic acid groups (broad SMARTS) is 1. The summed E-state index contributed by atoms with van der Waals surface area (Å²) < 4.78 is 6.68. The van der Waals surface area contributed by atoms with Gasteiger partial charge in [0.2, 0.25) is 0 Å². The molecule has 1 aliphatic rings. The van der Waals surface area contributed by atoms with Gasteiger partial charge in [-0.05, 0) is 35.0 Å². The van der Waals surface area contributed by atoms with E-state index < -0.39 is 12.0 Å². The molecule has 1 saturated heterocycles. The monoisotopic (exact) mass is 365 g/mol. The number of carbonyl (C=O) groups is 2. The van der Waals surface area contributed by atoms with Crippen molar-refractivity contribution >= 4 is 23.5 Å². The highest BCUT2D eigenvalue weighted by atomic mass is 35.5. The summed E-state index contributed by atoms with van der Waals surface area (Å²) in [6.45, 7) is 0.314. The van der Waals surface area contributed by atoms with Gasteiger partial charge in [-0.15, -0.1) is 5.10 Å². The molecule has 9 nitrogen and oxygen atoms in total. The minimum absolute atomic E-state index is 0.146. The third-order valence-electron chi connectivity index (χ3n) is 4.17. The Kier molecular flexibility index (Phi) is 4.95. The topological polar surface area (TPSA) is 110 Å². The van der Waals surface area contributed by atoms with Gasteiger partial charge in [0.15, 0.2) is 0 Å². The van der Waals surface area contributed by atoms with Crippen LogP contribution in [0.2, 0.25) is 5.02 Å². The predicted octanol–water partition coefficient (Wildman–Crippen LogP) is 1.02. The molecule has 0 spiro atoms. The molecule has 1 N–H and O–H groups in total. The molecule has 25 heavy (non-hydrogen) atoms. The summed E-state index contributed by atoms with van der Waals surface area (Å²) in [5.41, 5.74) is 0.765. The number of rotatable bonds is 5. The van der Waals surface area contributed by atoms with E-state index in [1.165, 1.54) is 22.0 Å². The molecule has 132 valence electrons. The van der Waals surface area contributed by atoms with Gasteiger partial charge < -0.3 is 14.7 Å². The lowest BCUT2D eigenvalue weighted by molar-refractivity contribution is -0.137. The van der Waals surface area contributed by atoms with Gasteiger partial charge in [-0.2, -0.15) is 4.68 Å². The molecule has 10 heteroatoms. The van der Waals surface area contributed by atoms with E-state index in [9.17, 15) is 9.59 Å². The number of tetrazole rings is 1. The molecular formula is C15H16ClN5O4. The quantitative estimate of drug-likeness (QED) is 0.842. The number of carboxylic acids is 1. The van der Waals surface area contributed by atoms with Crippen molar-refractivity contribution in [1.29, 1.82) is 0 Å². The summed E-state index contributed by atoms with van der Waals surface area (Å²) in [6.07, 6.45) is 1.49. The number of likely N-dealkylation sites (tertiary alicyclic amines) is 1. The Hall–Kier alpha value is -2.52. The van der Waals surface area contributed by atoms with Gasteiger partial charge in [-0.25, -0.2) is 0 Å². The summed E-state index contributed by atoms with van der Waals surface area (Å²) in [5.74, 6) is -1.30. The van der Waals surface area contributed by atoms with Gasteiger partial charge in [0, 0.05) is 24.7 Å².